The number of nitrogens with zero attached hydrogens (tertiary/aromatic N) is 2. The van der Waals surface area contributed by atoms with Gasteiger partial charge in [0.2, 0.25) is 0 Å². The Morgan fingerprint density at radius 3 is 2.88 bits per heavy atom. The fraction of sp³-hybridized carbons (Fsp3) is 0.0556. The van der Waals surface area contributed by atoms with Crippen LogP contribution in [0.3, 0.4) is 0 Å². The first-order valence-electron chi connectivity index (χ1n) is 7.36. The summed E-state index contributed by atoms with van der Waals surface area (Å²) in [5.41, 5.74) is 3.22. The lowest BCUT2D eigenvalue weighted by Gasteiger charge is -2.09. The molecule has 2 N–H and O–H groups in total. The maximum Gasteiger partial charge on any atom is 0.126 e. The molecule has 2 heterocycles. The zero-order valence-electron chi connectivity index (χ0n) is 12.5. The molecule has 0 saturated heterocycles. The first-order chi connectivity index (χ1) is 11.6. The number of halogens is 2. The average molecular weight is 342 g/mol. The first kappa shape index (κ1) is 14.8. The minimum atomic E-state index is -0.262. The Morgan fingerprint density at radius 1 is 1.17 bits per heavy atom. The number of hydrogen-bond acceptors (Lipinski definition) is 2. The lowest BCUT2D eigenvalue weighted by Crippen LogP contribution is -2.00. The third kappa shape index (κ3) is 2.63. The molecule has 0 aliphatic heterocycles. The number of aromatic amines is 1. The molecule has 2 aromatic carbocycles. The molecule has 4 nitrogen and oxygen atoms in total. The van der Waals surface area contributed by atoms with Crippen LogP contribution in [-0.2, 0) is 6.54 Å². The van der Waals surface area contributed by atoms with Crippen LogP contribution in [0.4, 0.5) is 4.39 Å². The van der Waals surface area contributed by atoms with Crippen molar-refractivity contribution in [3.63, 3.8) is 0 Å². The van der Waals surface area contributed by atoms with Gasteiger partial charge in [0.25, 0.3) is 0 Å². The molecule has 0 bridgehead atoms. The molecule has 2 aromatic heterocycles. The van der Waals surface area contributed by atoms with Crippen LogP contribution in [0, 0.1) is 5.82 Å². The van der Waals surface area contributed by atoms with Gasteiger partial charge in [-0.3, -0.25) is 0 Å². The molecule has 0 aliphatic rings. The highest BCUT2D eigenvalue weighted by Crippen LogP contribution is 2.31. The lowest BCUT2D eigenvalue weighted by atomic mass is 10.1. The molecule has 6 heteroatoms. The third-order valence-electron chi connectivity index (χ3n) is 3.93. The summed E-state index contributed by atoms with van der Waals surface area (Å²) in [5, 5.41) is 11.4. The Labute approximate surface area is 142 Å². The summed E-state index contributed by atoms with van der Waals surface area (Å²) in [5.74, 6) is -0.162. The molecular formula is C18H13ClFN3O. The summed E-state index contributed by atoms with van der Waals surface area (Å²) in [6.45, 7) is 0.522. The third-order valence-corrected chi connectivity index (χ3v) is 4.16. The van der Waals surface area contributed by atoms with Crippen LogP contribution >= 0.6 is 11.6 Å². The molecule has 0 saturated carbocycles. The lowest BCUT2D eigenvalue weighted by molar-refractivity contribution is 0.477. The van der Waals surface area contributed by atoms with Crippen LogP contribution in [0.15, 0.2) is 55.0 Å². The van der Waals surface area contributed by atoms with Gasteiger partial charge in [-0.2, -0.15) is 0 Å². The Kier molecular flexibility index (Phi) is 3.50. The van der Waals surface area contributed by atoms with Gasteiger partial charge in [0.15, 0.2) is 0 Å². The molecule has 0 atom stereocenters. The molecular weight excluding hydrogens is 329 g/mol. The van der Waals surface area contributed by atoms with E-state index in [-0.39, 0.29) is 11.6 Å². The number of benzene rings is 2. The van der Waals surface area contributed by atoms with Crippen LogP contribution in [0.1, 0.15) is 5.69 Å². The fourth-order valence-corrected chi connectivity index (χ4v) is 2.99. The van der Waals surface area contributed by atoms with Crippen molar-refractivity contribution >= 4 is 22.5 Å². The number of imidazole rings is 1. The van der Waals surface area contributed by atoms with E-state index in [9.17, 15) is 9.50 Å². The first-order valence-corrected chi connectivity index (χ1v) is 7.74. The van der Waals surface area contributed by atoms with Crippen molar-refractivity contribution < 1.29 is 9.50 Å². The van der Waals surface area contributed by atoms with Gasteiger partial charge < -0.3 is 14.7 Å². The molecule has 0 aliphatic carbocycles. The standard InChI is InChI=1S/C18H13ClFN3O/c19-12-1-3-15(18(24)7-12)17-8-21-10-23(17)9-14-6-11-5-13(20)2-4-16(11)22-14/h1-8,10,22,24H,9H2. The van der Waals surface area contributed by atoms with E-state index in [0.717, 1.165) is 22.3 Å². The van der Waals surface area contributed by atoms with E-state index in [1.807, 2.05) is 10.6 Å². The quantitative estimate of drug-likeness (QED) is 0.573. The highest BCUT2D eigenvalue weighted by Gasteiger charge is 2.11. The second-order valence-corrected chi connectivity index (χ2v) is 6.03. The van der Waals surface area contributed by atoms with Crippen molar-refractivity contribution in [1.82, 2.24) is 14.5 Å². The van der Waals surface area contributed by atoms with Crippen LogP contribution in [-0.4, -0.2) is 19.6 Å². The van der Waals surface area contributed by atoms with Gasteiger partial charge in [-0.05, 0) is 42.5 Å². The van der Waals surface area contributed by atoms with Gasteiger partial charge in [0.05, 0.1) is 24.8 Å². The fourth-order valence-electron chi connectivity index (χ4n) is 2.82. The molecule has 0 unspecified atom stereocenters. The zero-order valence-corrected chi connectivity index (χ0v) is 13.3. The van der Waals surface area contributed by atoms with E-state index in [2.05, 4.69) is 9.97 Å². The van der Waals surface area contributed by atoms with Gasteiger partial charge in [-0.15, -0.1) is 0 Å². The minimum absolute atomic E-state index is 0.1000. The van der Waals surface area contributed by atoms with Gasteiger partial charge >= 0.3 is 0 Å². The maximum absolute atomic E-state index is 13.3. The van der Waals surface area contributed by atoms with Crippen LogP contribution in [0.2, 0.25) is 5.02 Å². The van der Waals surface area contributed by atoms with Crippen molar-refractivity contribution in [3.05, 3.63) is 71.5 Å². The number of phenolic OH excluding ortho intramolecular Hbond substituents is 1. The number of phenols is 1. The van der Waals surface area contributed by atoms with E-state index in [4.69, 9.17) is 11.6 Å². The van der Waals surface area contributed by atoms with Gasteiger partial charge in [-0.25, -0.2) is 9.37 Å². The summed E-state index contributed by atoms with van der Waals surface area (Å²) in [6.07, 6.45) is 3.38. The molecule has 0 fully saturated rings. The van der Waals surface area contributed by atoms with Crippen LogP contribution < -0.4 is 0 Å². The second-order valence-electron chi connectivity index (χ2n) is 5.59. The number of hydrogen-bond donors (Lipinski definition) is 2. The number of fused-ring (bicyclic) bond motifs is 1. The largest absolute Gasteiger partial charge is 0.507 e. The van der Waals surface area contributed by atoms with E-state index in [0.29, 0.717) is 17.1 Å². The van der Waals surface area contributed by atoms with Gasteiger partial charge in [0.1, 0.15) is 11.6 Å². The molecule has 0 amide bonds. The van der Waals surface area contributed by atoms with Gasteiger partial charge in [-0.1, -0.05) is 11.6 Å². The smallest absolute Gasteiger partial charge is 0.126 e. The minimum Gasteiger partial charge on any atom is -0.507 e. The van der Waals surface area contributed by atoms with E-state index in [1.54, 1.807) is 30.7 Å². The van der Waals surface area contributed by atoms with E-state index in [1.165, 1.54) is 18.2 Å². The second kappa shape index (κ2) is 5.69. The Hall–Kier alpha value is -2.79. The van der Waals surface area contributed by atoms with E-state index >= 15 is 0 Å². The summed E-state index contributed by atoms with van der Waals surface area (Å²) in [7, 11) is 0. The summed E-state index contributed by atoms with van der Waals surface area (Å²) < 4.78 is 15.2. The SMILES string of the molecule is Oc1cc(Cl)ccc1-c1cncn1Cc1cc2cc(F)ccc2[nH]1. The van der Waals surface area contributed by atoms with Crippen molar-refractivity contribution in [2.75, 3.05) is 0 Å². The van der Waals surface area contributed by atoms with Crippen molar-refractivity contribution in [2.45, 2.75) is 6.54 Å². The number of H-pyrrole nitrogens is 1. The summed E-state index contributed by atoms with van der Waals surface area (Å²) in [4.78, 5) is 7.44. The predicted molar refractivity (Wildman–Crippen MR) is 91.7 cm³/mol. The highest BCUT2D eigenvalue weighted by atomic mass is 35.5. The number of aromatic nitrogens is 3. The predicted octanol–water partition coefficient (Wildman–Crippen LogP) is 4.58. The highest BCUT2D eigenvalue weighted by molar-refractivity contribution is 6.30. The maximum atomic E-state index is 13.3. The summed E-state index contributed by atoms with van der Waals surface area (Å²) in [6, 6.07) is 11.5. The zero-order chi connectivity index (χ0) is 16.7. The monoisotopic (exact) mass is 341 g/mol. The van der Waals surface area contributed by atoms with Gasteiger partial charge in [0, 0.05) is 27.2 Å². The number of aromatic hydroxyl groups is 1. The molecule has 4 aromatic rings. The summed E-state index contributed by atoms with van der Waals surface area (Å²) >= 11 is 5.89. The number of rotatable bonds is 3. The topological polar surface area (TPSA) is 53.8 Å². The van der Waals surface area contributed by atoms with Crippen molar-refractivity contribution in [3.8, 4) is 17.0 Å². The van der Waals surface area contributed by atoms with E-state index < -0.39 is 0 Å². The molecule has 0 spiro atoms. The number of nitrogens with one attached hydrogen (secondary N) is 1. The average Bonchev–Trinajstić information content (AvgIpc) is 3.14. The Morgan fingerprint density at radius 2 is 2.04 bits per heavy atom. The molecule has 24 heavy (non-hydrogen) atoms. The van der Waals surface area contributed by atoms with Crippen LogP contribution in [0.25, 0.3) is 22.2 Å². The Balaban J connectivity index is 1.71. The van der Waals surface area contributed by atoms with Crippen LogP contribution in [0.5, 0.6) is 5.75 Å². The molecule has 120 valence electrons. The Bertz CT molecular complexity index is 1040. The van der Waals surface area contributed by atoms with Crippen molar-refractivity contribution in [2.24, 2.45) is 0 Å². The van der Waals surface area contributed by atoms with Crippen molar-refractivity contribution in [1.29, 1.82) is 0 Å². The normalized spacial score (nSPS) is 11.2. The molecule has 0 radical (unpaired) electrons. The molecule has 4 rings (SSSR count).